The predicted octanol–water partition coefficient (Wildman–Crippen LogP) is 2.54. The number of thiazole rings is 1. The molecule has 2 aromatic heterocycles. The number of ether oxygens (including phenoxy) is 2. The fraction of sp³-hybridized carbons (Fsp3) is 0.538. The van der Waals surface area contributed by atoms with Crippen LogP contribution < -0.4 is 9.88 Å². The highest BCUT2D eigenvalue weighted by Gasteiger charge is 2.34. The summed E-state index contributed by atoms with van der Waals surface area (Å²) in [5.74, 6) is 0.471. The second-order valence-electron chi connectivity index (χ2n) is 10.5. The molecule has 3 aliphatic heterocycles. The van der Waals surface area contributed by atoms with Crippen molar-refractivity contribution in [2.45, 2.75) is 68.9 Å². The zero-order valence-corrected chi connectivity index (χ0v) is 23.1. The molecule has 0 bridgehead atoms. The lowest BCUT2D eigenvalue weighted by molar-refractivity contribution is 0.0706. The third-order valence-corrected chi connectivity index (χ3v) is 10.1. The van der Waals surface area contributed by atoms with Crippen molar-refractivity contribution in [2.24, 2.45) is 5.14 Å². The number of aromatic nitrogens is 2. The fourth-order valence-corrected chi connectivity index (χ4v) is 7.10. The molecule has 1 aliphatic carbocycles. The van der Waals surface area contributed by atoms with Crippen molar-refractivity contribution in [3.05, 3.63) is 51.3 Å². The molecule has 5 heterocycles. The van der Waals surface area contributed by atoms with Crippen LogP contribution in [0.3, 0.4) is 0 Å². The minimum absolute atomic E-state index is 0.0295. The van der Waals surface area contributed by atoms with E-state index >= 15 is 0 Å². The van der Waals surface area contributed by atoms with Crippen LogP contribution >= 0.6 is 11.3 Å². The number of amides is 2. The van der Waals surface area contributed by atoms with Crippen LogP contribution in [0.25, 0.3) is 0 Å². The number of rotatable bonds is 7. The van der Waals surface area contributed by atoms with Gasteiger partial charge in [-0.2, -0.15) is 0 Å². The van der Waals surface area contributed by atoms with Crippen LogP contribution in [-0.2, 0) is 27.8 Å². The van der Waals surface area contributed by atoms with E-state index in [0.717, 1.165) is 41.9 Å². The molecule has 39 heavy (non-hydrogen) atoms. The molecule has 0 spiro atoms. The number of piperidine rings is 1. The number of carbonyl (C=O) groups is 2. The van der Waals surface area contributed by atoms with E-state index < -0.39 is 15.3 Å². The molecule has 13 heteroatoms. The lowest BCUT2D eigenvalue weighted by Gasteiger charge is -2.30. The second-order valence-corrected chi connectivity index (χ2v) is 13.5. The van der Waals surface area contributed by atoms with Gasteiger partial charge in [-0.25, -0.2) is 23.5 Å². The third kappa shape index (κ3) is 5.80. The molecule has 2 fully saturated rings. The summed E-state index contributed by atoms with van der Waals surface area (Å²) in [6.07, 6.45) is 8.25. The molecule has 4 aliphatic rings. The van der Waals surface area contributed by atoms with Crippen LogP contribution in [0.1, 0.15) is 80.9 Å². The number of carbonyl (C=O) groups excluding carboxylic acids is 2. The first kappa shape index (κ1) is 26.2. The maximum Gasteiger partial charge on any atom is 0.282 e. The number of nitrogens with two attached hydrogens (primary N) is 1. The molecule has 2 N–H and O–H groups in total. The standard InChI is InChI=1S/C26H31N5O6S2/c27-39(34,35)19-6-8-30(9-7-19)26(33)24-29-21-13-31(14-22(21)38-24)25(32)17-11-20(16-4-5-16)28-23(12-17)37-15-18-3-1-2-10-36-18/h2,10-12,16,18-19H,1,3-9,13-15H2,(H2,27,34,35). The number of hydrogen-bond acceptors (Lipinski definition) is 9. The Hall–Kier alpha value is -3.03. The summed E-state index contributed by atoms with van der Waals surface area (Å²) < 4.78 is 34.7. The van der Waals surface area contributed by atoms with Gasteiger partial charge in [-0.05, 0) is 50.7 Å². The van der Waals surface area contributed by atoms with Gasteiger partial charge in [0.05, 0.1) is 30.3 Å². The van der Waals surface area contributed by atoms with Crippen LogP contribution in [0, 0.1) is 0 Å². The summed E-state index contributed by atoms with van der Waals surface area (Å²) in [5.41, 5.74) is 2.15. The van der Waals surface area contributed by atoms with Crippen LogP contribution in [0.4, 0.5) is 0 Å². The molecular weight excluding hydrogens is 542 g/mol. The summed E-state index contributed by atoms with van der Waals surface area (Å²) in [6, 6.07) is 3.57. The largest absolute Gasteiger partial charge is 0.495 e. The summed E-state index contributed by atoms with van der Waals surface area (Å²) in [4.78, 5) is 39.9. The molecule has 11 nitrogen and oxygen atoms in total. The Morgan fingerprint density at radius 2 is 1.85 bits per heavy atom. The molecule has 6 rings (SSSR count). The zero-order valence-electron chi connectivity index (χ0n) is 21.5. The average molecular weight is 574 g/mol. The van der Waals surface area contributed by atoms with Crippen LogP contribution in [0.15, 0.2) is 24.5 Å². The quantitative estimate of drug-likeness (QED) is 0.532. The van der Waals surface area contributed by atoms with E-state index in [1.165, 1.54) is 11.3 Å². The first-order valence-electron chi connectivity index (χ1n) is 13.3. The number of allylic oxidation sites excluding steroid dienone is 1. The topological polar surface area (TPSA) is 145 Å². The van der Waals surface area contributed by atoms with Gasteiger partial charge in [-0.15, -0.1) is 11.3 Å². The molecule has 1 unspecified atom stereocenters. The van der Waals surface area contributed by atoms with E-state index in [-0.39, 0.29) is 17.9 Å². The highest BCUT2D eigenvalue weighted by molar-refractivity contribution is 7.89. The second kappa shape index (κ2) is 10.5. The van der Waals surface area contributed by atoms with E-state index in [2.05, 4.69) is 9.97 Å². The minimum Gasteiger partial charge on any atom is -0.495 e. The van der Waals surface area contributed by atoms with Crippen LogP contribution in [0.5, 0.6) is 5.88 Å². The first-order chi connectivity index (χ1) is 18.7. The first-order valence-corrected chi connectivity index (χ1v) is 15.7. The number of fused-ring (bicyclic) bond motifs is 1. The summed E-state index contributed by atoms with van der Waals surface area (Å²) in [5, 5.41) is 5.02. The van der Waals surface area contributed by atoms with Gasteiger partial charge in [0.15, 0.2) is 5.01 Å². The molecular formula is C26H31N5O6S2. The predicted molar refractivity (Wildman–Crippen MR) is 143 cm³/mol. The third-order valence-electron chi connectivity index (χ3n) is 7.62. The lowest BCUT2D eigenvalue weighted by atomic mass is 10.1. The molecule has 1 atom stereocenters. The van der Waals surface area contributed by atoms with Crippen LogP contribution in [-0.4, -0.2) is 71.1 Å². The van der Waals surface area contributed by atoms with E-state index in [4.69, 9.17) is 14.6 Å². The summed E-state index contributed by atoms with van der Waals surface area (Å²) in [6.45, 7) is 1.74. The Labute approximate surface area is 231 Å². The van der Waals surface area contributed by atoms with E-state index in [0.29, 0.717) is 68.0 Å². The van der Waals surface area contributed by atoms with E-state index in [1.54, 1.807) is 22.1 Å². The van der Waals surface area contributed by atoms with Gasteiger partial charge in [0.2, 0.25) is 15.9 Å². The van der Waals surface area contributed by atoms with Crippen molar-refractivity contribution in [3.8, 4) is 5.88 Å². The van der Waals surface area contributed by atoms with Crippen molar-refractivity contribution in [1.82, 2.24) is 19.8 Å². The maximum atomic E-state index is 13.5. The normalized spacial score (nSPS) is 21.5. The molecule has 2 amide bonds. The van der Waals surface area contributed by atoms with Crippen molar-refractivity contribution in [1.29, 1.82) is 0 Å². The molecule has 1 saturated heterocycles. The van der Waals surface area contributed by atoms with E-state index in [1.807, 2.05) is 12.1 Å². The van der Waals surface area contributed by atoms with Crippen molar-refractivity contribution < 1.29 is 27.5 Å². The number of nitrogens with zero attached hydrogens (tertiary/aromatic N) is 4. The number of pyridine rings is 1. The molecule has 0 aromatic carbocycles. The molecule has 0 radical (unpaired) electrons. The summed E-state index contributed by atoms with van der Waals surface area (Å²) >= 11 is 1.30. The number of hydrogen-bond donors (Lipinski definition) is 1. The highest BCUT2D eigenvalue weighted by atomic mass is 32.2. The Bertz CT molecular complexity index is 1390. The molecule has 1 saturated carbocycles. The van der Waals surface area contributed by atoms with Crippen molar-refractivity contribution >= 4 is 33.2 Å². The average Bonchev–Trinajstić information content (AvgIpc) is 3.61. The number of primary sulfonamides is 1. The van der Waals surface area contributed by atoms with Crippen molar-refractivity contribution in [3.63, 3.8) is 0 Å². The zero-order chi connectivity index (χ0) is 27.1. The number of sulfonamides is 1. The van der Waals surface area contributed by atoms with Crippen molar-refractivity contribution in [2.75, 3.05) is 19.7 Å². The Balaban J connectivity index is 1.10. The van der Waals surface area contributed by atoms with Gasteiger partial charge < -0.3 is 19.3 Å². The Kier molecular flexibility index (Phi) is 7.06. The van der Waals surface area contributed by atoms with Gasteiger partial charge in [0, 0.05) is 41.2 Å². The van der Waals surface area contributed by atoms with Gasteiger partial charge in [0.1, 0.15) is 12.7 Å². The SMILES string of the molecule is NS(=O)(=O)C1CCN(C(=O)c2nc3c(s2)CN(C(=O)c2cc(OCC4CCC=CO4)nc(C4CC4)c2)C3)CC1. The van der Waals surface area contributed by atoms with Gasteiger partial charge in [0.25, 0.3) is 11.8 Å². The number of likely N-dealkylation sites (tertiary alicyclic amines) is 1. The smallest absolute Gasteiger partial charge is 0.282 e. The summed E-state index contributed by atoms with van der Waals surface area (Å²) in [7, 11) is -3.60. The van der Waals surface area contributed by atoms with Crippen LogP contribution in [0.2, 0.25) is 0 Å². The molecule has 2 aromatic rings. The van der Waals surface area contributed by atoms with Gasteiger partial charge in [-0.1, -0.05) is 0 Å². The maximum absolute atomic E-state index is 13.5. The molecule has 208 valence electrons. The Morgan fingerprint density at radius 1 is 1.05 bits per heavy atom. The lowest BCUT2D eigenvalue weighted by Crippen LogP contribution is -2.44. The van der Waals surface area contributed by atoms with Gasteiger partial charge >= 0.3 is 0 Å². The monoisotopic (exact) mass is 573 g/mol. The Morgan fingerprint density at radius 3 is 2.51 bits per heavy atom. The highest BCUT2D eigenvalue weighted by Crippen LogP contribution is 2.40. The fourth-order valence-electron chi connectivity index (χ4n) is 5.18. The minimum atomic E-state index is -3.60. The van der Waals surface area contributed by atoms with E-state index in [9.17, 15) is 18.0 Å². The van der Waals surface area contributed by atoms with Gasteiger partial charge in [-0.3, -0.25) is 9.59 Å².